The van der Waals surface area contributed by atoms with Gasteiger partial charge in [0.05, 0.1) is 6.20 Å². The zero-order valence-electron chi connectivity index (χ0n) is 7.88. The van der Waals surface area contributed by atoms with Gasteiger partial charge >= 0.3 is 5.69 Å². The van der Waals surface area contributed by atoms with Gasteiger partial charge in [0.25, 0.3) is 0 Å². The van der Waals surface area contributed by atoms with Crippen LogP contribution >= 0.6 is 0 Å². The smallest absolute Gasteiger partial charge is 0.361 e. The van der Waals surface area contributed by atoms with Gasteiger partial charge in [0.1, 0.15) is 18.5 Å². The fraction of sp³-hybridized carbons (Fsp3) is 0.375. The molecule has 2 heterocycles. The van der Waals surface area contributed by atoms with Gasteiger partial charge < -0.3 is 14.9 Å². The summed E-state index contributed by atoms with van der Waals surface area (Å²) < 4.78 is 1.06. The molecule has 2 aromatic rings. The predicted molar refractivity (Wildman–Crippen MR) is 51.3 cm³/mol. The molecule has 0 aromatic carbocycles. The number of nitrogens with zero attached hydrogens (tertiary/aromatic N) is 3. The number of hydrogen-bond acceptors (Lipinski definition) is 5. The highest BCUT2D eigenvalue weighted by Gasteiger charge is 2.07. The minimum absolute atomic E-state index is 0.0199. The average Bonchev–Trinajstić information content (AvgIpc) is 2.56. The van der Waals surface area contributed by atoms with Crippen LogP contribution in [0.3, 0.4) is 0 Å². The Labute approximate surface area is 84.3 Å². The molecule has 0 atom stereocenters. The van der Waals surface area contributed by atoms with Crippen LogP contribution in [0.5, 0.6) is 0 Å². The van der Waals surface area contributed by atoms with Crippen molar-refractivity contribution in [2.45, 2.75) is 6.42 Å². The number of aliphatic hydroxyl groups is 1. The first-order chi connectivity index (χ1) is 7.33. The van der Waals surface area contributed by atoms with Crippen molar-refractivity contribution < 1.29 is 9.94 Å². The molecule has 7 nitrogen and oxygen atoms in total. The van der Waals surface area contributed by atoms with Gasteiger partial charge in [0.15, 0.2) is 0 Å². The fourth-order valence-corrected chi connectivity index (χ4v) is 1.18. The summed E-state index contributed by atoms with van der Waals surface area (Å²) >= 11 is 0. The third kappa shape index (κ3) is 1.82. The summed E-state index contributed by atoms with van der Waals surface area (Å²) in [7, 11) is 0. The topological polar surface area (TPSA) is 93.0 Å². The first-order valence-corrected chi connectivity index (χ1v) is 4.48. The minimum Gasteiger partial charge on any atom is -0.407 e. The molecule has 0 aliphatic carbocycles. The first-order valence-electron chi connectivity index (χ1n) is 4.48. The van der Waals surface area contributed by atoms with Crippen LogP contribution in [0.4, 0.5) is 0 Å². The van der Waals surface area contributed by atoms with E-state index in [1.165, 1.54) is 12.5 Å². The number of rotatable bonds is 4. The maximum absolute atomic E-state index is 11.4. The van der Waals surface area contributed by atoms with Gasteiger partial charge in [-0.1, -0.05) is 0 Å². The number of nitrogens with one attached hydrogen (secondary N) is 1. The Morgan fingerprint density at radius 1 is 1.60 bits per heavy atom. The number of imidazole rings is 1. The number of H-pyrrole nitrogens is 1. The lowest BCUT2D eigenvalue weighted by Crippen LogP contribution is -2.25. The molecular formula is C8H10N4O3. The third-order valence-electron chi connectivity index (χ3n) is 1.83. The number of aliphatic hydroxyl groups excluding tert-OH is 1. The van der Waals surface area contributed by atoms with Gasteiger partial charge in [-0.25, -0.2) is 14.8 Å². The summed E-state index contributed by atoms with van der Waals surface area (Å²) in [6, 6.07) is 0. The van der Waals surface area contributed by atoms with Crippen LogP contribution < -0.4 is 10.5 Å². The summed E-state index contributed by atoms with van der Waals surface area (Å²) in [5.74, 6) is 0. The summed E-state index contributed by atoms with van der Waals surface area (Å²) in [6.07, 6.45) is 3.29. The van der Waals surface area contributed by atoms with Gasteiger partial charge in [0.2, 0.25) is 5.65 Å². The van der Waals surface area contributed by atoms with E-state index >= 15 is 0 Å². The standard InChI is InChI=1S/C8H10N4O3/c13-2-1-3-15-12-7-6(11-8(12)14)4-9-5-10-7/h4-5,13H,1-3H2,(H,11,14). The van der Waals surface area contributed by atoms with Crippen molar-refractivity contribution in [1.29, 1.82) is 0 Å². The lowest BCUT2D eigenvalue weighted by molar-refractivity contribution is 0.0960. The van der Waals surface area contributed by atoms with Gasteiger partial charge in [-0.3, -0.25) is 0 Å². The van der Waals surface area contributed by atoms with Gasteiger partial charge in [-0.05, 0) is 0 Å². The first kappa shape index (κ1) is 9.66. The van der Waals surface area contributed by atoms with Crippen molar-refractivity contribution in [2.75, 3.05) is 13.2 Å². The van der Waals surface area contributed by atoms with Crippen LogP contribution in [0.15, 0.2) is 17.3 Å². The second kappa shape index (κ2) is 4.09. The predicted octanol–water partition coefficient (Wildman–Crippen LogP) is -1.07. The molecule has 0 saturated carbocycles. The van der Waals surface area contributed by atoms with E-state index < -0.39 is 5.69 Å². The summed E-state index contributed by atoms with van der Waals surface area (Å²) in [6.45, 7) is 0.277. The van der Waals surface area contributed by atoms with Gasteiger partial charge in [0, 0.05) is 13.0 Å². The number of aromatic amines is 1. The number of fused-ring (bicyclic) bond motifs is 1. The monoisotopic (exact) mass is 210 g/mol. The third-order valence-corrected chi connectivity index (χ3v) is 1.83. The number of hydrogen-bond donors (Lipinski definition) is 2. The van der Waals surface area contributed by atoms with E-state index in [-0.39, 0.29) is 13.2 Å². The Morgan fingerprint density at radius 2 is 2.47 bits per heavy atom. The molecule has 0 aliphatic rings. The molecule has 15 heavy (non-hydrogen) atoms. The molecule has 2 rings (SSSR count). The molecule has 2 N–H and O–H groups in total. The fourth-order valence-electron chi connectivity index (χ4n) is 1.18. The molecule has 0 unspecified atom stereocenters. The van der Waals surface area contributed by atoms with E-state index in [1.807, 2.05) is 0 Å². The van der Waals surface area contributed by atoms with Crippen molar-refractivity contribution >= 4 is 11.2 Å². The highest BCUT2D eigenvalue weighted by atomic mass is 16.7. The van der Waals surface area contributed by atoms with Crippen LogP contribution in [0.25, 0.3) is 11.2 Å². The van der Waals surface area contributed by atoms with Crippen molar-refractivity contribution in [3.8, 4) is 0 Å². The van der Waals surface area contributed by atoms with E-state index in [0.29, 0.717) is 17.6 Å². The Morgan fingerprint density at radius 3 is 3.27 bits per heavy atom. The van der Waals surface area contributed by atoms with Crippen LogP contribution in [0.2, 0.25) is 0 Å². The van der Waals surface area contributed by atoms with Crippen LogP contribution in [0, 0.1) is 0 Å². The van der Waals surface area contributed by atoms with E-state index in [9.17, 15) is 4.79 Å². The Balaban J connectivity index is 2.33. The maximum atomic E-state index is 11.4. The molecule has 80 valence electrons. The molecule has 0 bridgehead atoms. The summed E-state index contributed by atoms with van der Waals surface area (Å²) in [5.41, 5.74) is 0.517. The van der Waals surface area contributed by atoms with E-state index in [4.69, 9.17) is 9.94 Å². The largest absolute Gasteiger partial charge is 0.407 e. The SMILES string of the molecule is O=c1[nH]c2cncnc2n1OCCCO. The maximum Gasteiger partial charge on any atom is 0.361 e. The van der Waals surface area contributed by atoms with Crippen LogP contribution in [-0.2, 0) is 0 Å². The molecule has 0 amide bonds. The molecule has 0 spiro atoms. The van der Waals surface area contributed by atoms with E-state index in [2.05, 4.69) is 15.0 Å². The zero-order chi connectivity index (χ0) is 10.7. The quantitative estimate of drug-likeness (QED) is 0.627. The van der Waals surface area contributed by atoms with Gasteiger partial charge in [-0.15, -0.1) is 4.73 Å². The second-order valence-electron chi connectivity index (χ2n) is 2.89. The Hall–Kier alpha value is -1.89. The second-order valence-corrected chi connectivity index (χ2v) is 2.89. The molecule has 7 heteroatoms. The van der Waals surface area contributed by atoms with Crippen molar-refractivity contribution in [3.05, 3.63) is 23.0 Å². The highest BCUT2D eigenvalue weighted by molar-refractivity contribution is 5.68. The molecule has 0 fully saturated rings. The Kier molecular flexibility index (Phi) is 2.64. The van der Waals surface area contributed by atoms with Crippen LogP contribution in [0.1, 0.15) is 6.42 Å². The van der Waals surface area contributed by atoms with Crippen molar-refractivity contribution in [1.82, 2.24) is 19.7 Å². The number of aromatic nitrogens is 4. The molecule has 0 saturated heterocycles. The van der Waals surface area contributed by atoms with E-state index in [0.717, 1.165) is 4.73 Å². The Bertz CT molecular complexity index is 504. The molecular weight excluding hydrogens is 200 g/mol. The molecule has 0 aliphatic heterocycles. The van der Waals surface area contributed by atoms with Crippen molar-refractivity contribution in [3.63, 3.8) is 0 Å². The molecule has 0 radical (unpaired) electrons. The zero-order valence-corrected chi connectivity index (χ0v) is 7.88. The lowest BCUT2D eigenvalue weighted by Gasteiger charge is -2.03. The van der Waals surface area contributed by atoms with Crippen molar-refractivity contribution in [2.24, 2.45) is 0 Å². The lowest BCUT2D eigenvalue weighted by atomic mass is 10.5. The average molecular weight is 210 g/mol. The van der Waals surface area contributed by atoms with Gasteiger partial charge in [-0.2, -0.15) is 0 Å². The summed E-state index contributed by atoms with van der Waals surface area (Å²) in [5, 5.41) is 8.58. The van der Waals surface area contributed by atoms with Crippen LogP contribution in [-0.4, -0.2) is 38.0 Å². The highest BCUT2D eigenvalue weighted by Crippen LogP contribution is 2.01. The molecule has 2 aromatic heterocycles. The van der Waals surface area contributed by atoms with E-state index in [1.54, 1.807) is 0 Å². The normalized spacial score (nSPS) is 10.7. The minimum atomic E-state index is -0.400. The summed E-state index contributed by atoms with van der Waals surface area (Å²) in [4.78, 5) is 26.8.